The summed E-state index contributed by atoms with van der Waals surface area (Å²) in [6.45, 7) is 7.55. The second kappa shape index (κ2) is 5.80. The molecule has 0 saturated carbocycles. The molecule has 4 nitrogen and oxygen atoms in total. The first-order chi connectivity index (χ1) is 7.54. The van der Waals surface area contributed by atoms with Crippen LogP contribution in [-0.4, -0.2) is 35.0 Å². The summed E-state index contributed by atoms with van der Waals surface area (Å²) in [6.07, 6.45) is 3.60. The zero-order valence-corrected chi connectivity index (χ0v) is 10.9. The standard InChI is InChI=1S/C12H22N4/c1-9(2)10(3)16(5)8-11-6-15-12(13-4)7-14-11/h6-7,9-10H,8H2,1-5H3,(H,13,15). The maximum atomic E-state index is 4.36. The van der Waals surface area contributed by atoms with Gasteiger partial charge in [0.15, 0.2) is 0 Å². The van der Waals surface area contributed by atoms with Crippen LogP contribution in [0.4, 0.5) is 5.82 Å². The van der Waals surface area contributed by atoms with Gasteiger partial charge < -0.3 is 5.32 Å². The van der Waals surface area contributed by atoms with E-state index in [1.807, 2.05) is 13.2 Å². The molecule has 0 aliphatic heterocycles. The molecule has 0 radical (unpaired) electrons. The van der Waals surface area contributed by atoms with Gasteiger partial charge in [-0.2, -0.15) is 0 Å². The van der Waals surface area contributed by atoms with Crippen LogP contribution >= 0.6 is 0 Å². The quantitative estimate of drug-likeness (QED) is 0.827. The average molecular weight is 222 g/mol. The van der Waals surface area contributed by atoms with Crippen LogP contribution in [0.25, 0.3) is 0 Å². The summed E-state index contributed by atoms with van der Waals surface area (Å²) >= 11 is 0. The van der Waals surface area contributed by atoms with E-state index in [4.69, 9.17) is 0 Å². The number of hydrogen-bond donors (Lipinski definition) is 1. The second-order valence-electron chi connectivity index (χ2n) is 4.54. The van der Waals surface area contributed by atoms with Crippen molar-refractivity contribution < 1.29 is 0 Å². The van der Waals surface area contributed by atoms with Gasteiger partial charge in [0, 0.05) is 19.6 Å². The predicted octanol–water partition coefficient (Wildman–Crippen LogP) is 1.99. The molecule has 0 spiro atoms. The van der Waals surface area contributed by atoms with Crippen molar-refractivity contribution in [3.05, 3.63) is 18.1 Å². The van der Waals surface area contributed by atoms with Crippen LogP contribution in [0.15, 0.2) is 12.4 Å². The SMILES string of the molecule is CNc1cnc(CN(C)C(C)C(C)C)cn1. The summed E-state index contributed by atoms with van der Waals surface area (Å²) in [5.41, 5.74) is 1.01. The summed E-state index contributed by atoms with van der Waals surface area (Å²) in [5.74, 6) is 1.46. The third-order valence-electron chi connectivity index (χ3n) is 3.03. The lowest BCUT2D eigenvalue weighted by Gasteiger charge is -2.27. The molecular formula is C12H22N4. The van der Waals surface area contributed by atoms with Crippen LogP contribution in [0.3, 0.4) is 0 Å². The van der Waals surface area contributed by atoms with Gasteiger partial charge in [-0.05, 0) is 19.9 Å². The van der Waals surface area contributed by atoms with Gasteiger partial charge in [0.2, 0.25) is 0 Å². The zero-order valence-electron chi connectivity index (χ0n) is 10.9. The fraction of sp³-hybridized carbons (Fsp3) is 0.667. The highest BCUT2D eigenvalue weighted by atomic mass is 15.1. The highest BCUT2D eigenvalue weighted by Gasteiger charge is 2.13. The molecule has 0 fully saturated rings. The maximum absolute atomic E-state index is 4.36. The van der Waals surface area contributed by atoms with Gasteiger partial charge in [-0.15, -0.1) is 0 Å². The lowest BCUT2D eigenvalue weighted by molar-refractivity contribution is 0.198. The van der Waals surface area contributed by atoms with Gasteiger partial charge in [0.05, 0.1) is 18.1 Å². The zero-order chi connectivity index (χ0) is 12.1. The molecule has 0 aromatic carbocycles. The van der Waals surface area contributed by atoms with Crippen molar-refractivity contribution in [3.63, 3.8) is 0 Å². The number of rotatable bonds is 5. The number of nitrogens with zero attached hydrogens (tertiary/aromatic N) is 3. The van der Waals surface area contributed by atoms with E-state index in [9.17, 15) is 0 Å². The van der Waals surface area contributed by atoms with Gasteiger partial charge in [0.1, 0.15) is 5.82 Å². The molecule has 0 amide bonds. The van der Waals surface area contributed by atoms with E-state index >= 15 is 0 Å². The minimum atomic E-state index is 0.547. The van der Waals surface area contributed by atoms with Gasteiger partial charge in [-0.3, -0.25) is 9.88 Å². The van der Waals surface area contributed by atoms with Crippen molar-refractivity contribution in [2.24, 2.45) is 5.92 Å². The van der Waals surface area contributed by atoms with Crippen LogP contribution < -0.4 is 5.32 Å². The molecular weight excluding hydrogens is 200 g/mol. The Bertz CT molecular complexity index is 307. The molecule has 1 N–H and O–H groups in total. The third kappa shape index (κ3) is 3.45. The molecule has 0 aliphatic carbocycles. The first kappa shape index (κ1) is 12.9. The van der Waals surface area contributed by atoms with E-state index in [2.05, 4.69) is 48.0 Å². The predicted molar refractivity (Wildman–Crippen MR) is 67.3 cm³/mol. The van der Waals surface area contributed by atoms with E-state index in [0.29, 0.717) is 12.0 Å². The summed E-state index contributed by atoms with van der Waals surface area (Å²) < 4.78 is 0. The highest BCUT2D eigenvalue weighted by Crippen LogP contribution is 2.11. The summed E-state index contributed by atoms with van der Waals surface area (Å²) in [7, 11) is 3.97. The van der Waals surface area contributed by atoms with E-state index in [0.717, 1.165) is 18.1 Å². The Balaban J connectivity index is 2.59. The van der Waals surface area contributed by atoms with Gasteiger partial charge in [0.25, 0.3) is 0 Å². The monoisotopic (exact) mass is 222 g/mol. The molecule has 1 aromatic heterocycles. The van der Waals surface area contributed by atoms with E-state index in [1.165, 1.54) is 0 Å². The summed E-state index contributed by atoms with van der Waals surface area (Å²) in [6, 6.07) is 0.547. The van der Waals surface area contributed by atoms with Crippen LogP contribution in [0.1, 0.15) is 26.5 Å². The van der Waals surface area contributed by atoms with Gasteiger partial charge >= 0.3 is 0 Å². The smallest absolute Gasteiger partial charge is 0.144 e. The van der Waals surface area contributed by atoms with Crippen LogP contribution in [-0.2, 0) is 6.54 Å². The molecule has 1 aromatic rings. The largest absolute Gasteiger partial charge is 0.372 e. The molecule has 1 atom stereocenters. The van der Waals surface area contributed by atoms with E-state index in [-0.39, 0.29) is 0 Å². The number of nitrogens with one attached hydrogen (secondary N) is 1. The van der Waals surface area contributed by atoms with E-state index in [1.54, 1.807) is 6.20 Å². The number of hydrogen-bond acceptors (Lipinski definition) is 4. The average Bonchev–Trinajstić information content (AvgIpc) is 2.28. The molecule has 0 aliphatic rings. The van der Waals surface area contributed by atoms with Crippen molar-refractivity contribution in [2.75, 3.05) is 19.4 Å². The molecule has 1 unspecified atom stereocenters. The van der Waals surface area contributed by atoms with Gasteiger partial charge in [-0.1, -0.05) is 13.8 Å². The Labute approximate surface area is 98.1 Å². The molecule has 0 bridgehead atoms. The van der Waals surface area contributed by atoms with Crippen molar-refractivity contribution in [1.82, 2.24) is 14.9 Å². The first-order valence-corrected chi connectivity index (χ1v) is 5.73. The Kier molecular flexibility index (Phi) is 4.68. The number of anilines is 1. The van der Waals surface area contributed by atoms with Crippen molar-refractivity contribution in [2.45, 2.75) is 33.4 Å². The Morgan fingerprint density at radius 2 is 1.94 bits per heavy atom. The second-order valence-corrected chi connectivity index (χ2v) is 4.54. The maximum Gasteiger partial charge on any atom is 0.144 e. The van der Waals surface area contributed by atoms with Crippen LogP contribution in [0, 0.1) is 5.92 Å². The molecule has 0 saturated heterocycles. The Morgan fingerprint density at radius 3 is 2.38 bits per heavy atom. The van der Waals surface area contributed by atoms with Crippen LogP contribution in [0.5, 0.6) is 0 Å². The minimum Gasteiger partial charge on any atom is -0.372 e. The Morgan fingerprint density at radius 1 is 1.25 bits per heavy atom. The topological polar surface area (TPSA) is 41.1 Å². The summed E-state index contributed by atoms with van der Waals surface area (Å²) in [5, 5.41) is 2.96. The lowest BCUT2D eigenvalue weighted by Crippen LogP contribution is -2.33. The normalized spacial score (nSPS) is 13.2. The molecule has 1 rings (SSSR count). The molecule has 4 heteroatoms. The van der Waals surface area contributed by atoms with Crippen molar-refractivity contribution in [1.29, 1.82) is 0 Å². The van der Waals surface area contributed by atoms with E-state index < -0.39 is 0 Å². The first-order valence-electron chi connectivity index (χ1n) is 5.73. The minimum absolute atomic E-state index is 0.547. The van der Waals surface area contributed by atoms with Crippen molar-refractivity contribution >= 4 is 5.82 Å². The fourth-order valence-corrected chi connectivity index (χ4v) is 1.47. The van der Waals surface area contributed by atoms with Gasteiger partial charge in [-0.25, -0.2) is 4.98 Å². The number of aromatic nitrogens is 2. The summed E-state index contributed by atoms with van der Waals surface area (Å²) in [4.78, 5) is 10.9. The highest BCUT2D eigenvalue weighted by molar-refractivity contribution is 5.29. The third-order valence-corrected chi connectivity index (χ3v) is 3.03. The van der Waals surface area contributed by atoms with Crippen LogP contribution in [0.2, 0.25) is 0 Å². The molecule has 90 valence electrons. The Hall–Kier alpha value is -1.16. The molecule has 1 heterocycles. The molecule has 16 heavy (non-hydrogen) atoms. The van der Waals surface area contributed by atoms with Crippen molar-refractivity contribution in [3.8, 4) is 0 Å². The lowest BCUT2D eigenvalue weighted by atomic mass is 10.1. The fourth-order valence-electron chi connectivity index (χ4n) is 1.47.